The molecule has 5 aromatic carbocycles. The first-order valence-electron chi connectivity index (χ1n) is 15.0. The average molecular weight is 642 g/mol. The van der Waals surface area contributed by atoms with Gasteiger partial charge in [-0.15, -0.1) is 11.8 Å². The van der Waals surface area contributed by atoms with Crippen molar-refractivity contribution in [2.24, 2.45) is 0 Å². The topological polar surface area (TPSA) is 96.5 Å². The zero-order valence-electron chi connectivity index (χ0n) is 26.3. The number of aryl methyl sites for hydroxylation is 2. The number of ether oxygens (including phenoxy) is 1. The summed E-state index contributed by atoms with van der Waals surface area (Å²) in [6.45, 7) is 4.00. The maximum Gasteiger partial charge on any atom is 0.272 e. The van der Waals surface area contributed by atoms with E-state index in [9.17, 15) is 14.4 Å². The molecule has 0 aliphatic heterocycles. The van der Waals surface area contributed by atoms with Crippen LogP contribution in [0, 0.1) is 13.8 Å². The molecule has 0 fully saturated rings. The Balaban J connectivity index is 1.33. The predicted molar refractivity (Wildman–Crippen MR) is 190 cm³/mol. The number of methoxy groups -OCH3 is 1. The predicted octanol–water partition coefficient (Wildman–Crippen LogP) is 8.19. The van der Waals surface area contributed by atoms with Crippen molar-refractivity contribution in [3.8, 4) is 5.75 Å². The van der Waals surface area contributed by atoms with E-state index in [1.807, 2.05) is 74.5 Å². The highest BCUT2D eigenvalue weighted by atomic mass is 32.2. The minimum absolute atomic E-state index is 0.0784. The highest BCUT2D eigenvalue weighted by Crippen LogP contribution is 2.37. The molecular weight excluding hydrogens is 607 g/mol. The van der Waals surface area contributed by atoms with Gasteiger partial charge in [0.05, 0.1) is 7.11 Å². The molecule has 0 saturated heterocycles. The van der Waals surface area contributed by atoms with E-state index in [2.05, 4.69) is 22.0 Å². The lowest BCUT2D eigenvalue weighted by Crippen LogP contribution is -2.30. The normalized spacial score (nSPS) is 11.7. The van der Waals surface area contributed by atoms with Gasteiger partial charge in [-0.3, -0.25) is 14.4 Å². The van der Waals surface area contributed by atoms with Crippen molar-refractivity contribution in [2.75, 3.05) is 17.7 Å². The van der Waals surface area contributed by atoms with E-state index in [1.54, 1.807) is 73.8 Å². The Morgan fingerprint density at radius 2 is 1.32 bits per heavy atom. The van der Waals surface area contributed by atoms with Crippen molar-refractivity contribution in [3.63, 3.8) is 0 Å². The molecule has 1 unspecified atom stereocenters. The molecule has 0 bridgehead atoms. The Bertz CT molecular complexity index is 1850. The van der Waals surface area contributed by atoms with Crippen molar-refractivity contribution in [1.29, 1.82) is 0 Å². The van der Waals surface area contributed by atoms with E-state index in [0.717, 1.165) is 27.3 Å². The highest BCUT2D eigenvalue weighted by Gasteiger charge is 2.23. The minimum atomic E-state index is -0.510. The molecule has 1 atom stereocenters. The summed E-state index contributed by atoms with van der Waals surface area (Å²) in [6.07, 6.45) is 1.61. The fraction of sp³-hybridized carbons (Fsp3) is 0.103. The van der Waals surface area contributed by atoms with Gasteiger partial charge in [-0.2, -0.15) is 0 Å². The van der Waals surface area contributed by atoms with Gasteiger partial charge in [0.2, 0.25) is 5.91 Å². The minimum Gasteiger partial charge on any atom is -0.497 e. The average Bonchev–Trinajstić information content (AvgIpc) is 3.08. The molecule has 0 aliphatic rings. The van der Waals surface area contributed by atoms with Crippen LogP contribution in [0.3, 0.4) is 0 Å². The van der Waals surface area contributed by atoms with Crippen LogP contribution in [-0.2, 0) is 9.59 Å². The molecule has 0 aromatic heterocycles. The van der Waals surface area contributed by atoms with E-state index >= 15 is 0 Å². The van der Waals surface area contributed by atoms with Crippen LogP contribution in [-0.4, -0.2) is 24.8 Å². The van der Waals surface area contributed by atoms with Gasteiger partial charge in [0, 0.05) is 21.8 Å². The van der Waals surface area contributed by atoms with Gasteiger partial charge in [0.1, 0.15) is 16.7 Å². The van der Waals surface area contributed by atoms with Crippen molar-refractivity contribution in [1.82, 2.24) is 5.32 Å². The van der Waals surface area contributed by atoms with Crippen LogP contribution in [0.4, 0.5) is 11.4 Å². The molecule has 3 N–H and O–H groups in total. The van der Waals surface area contributed by atoms with Crippen molar-refractivity contribution >= 4 is 46.9 Å². The number of hydrogen-bond acceptors (Lipinski definition) is 5. The fourth-order valence-corrected chi connectivity index (χ4v) is 5.94. The Labute approximate surface area is 279 Å². The maximum atomic E-state index is 13.6. The first-order chi connectivity index (χ1) is 22.8. The summed E-state index contributed by atoms with van der Waals surface area (Å²) in [4.78, 5) is 40.9. The van der Waals surface area contributed by atoms with E-state index < -0.39 is 17.1 Å². The number of benzene rings is 5. The zero-order valence-corrected chi connectivity index (χ0v) is 27.1. The lowest BCUT2D eigenvalue weighted by molar-refractivity contribution is -0.116. The molecule has 8 heteroatoms. The summed E-state index contributed by atoms with van der Waals surface area (Å²) in [5.41, 5.74) is 5.52. The molecule has 0 radical (unpaired) electrons. The number of thioether (sulfide) groups is 1. The van der Waals surface area contributed by atoms with E-state index in [4.69, 9.17) is 4.74 Å². The zero-order chi connectivity index (χ0) is 33.2. The monoisotopic (exact) mass is 641 g/mol. The van der Waals surface area contributed by atoms with E-state index in [1.165, 1.54) is 11.8 Å². The molecule has 47 heavy (non-hydrogen) atoms. The third kappa shape index (κ3) is 9.22. The van der Waals surface area contributed by atoms with Crippen LogP contribution in [0.25, 0.3) is 6.08 Å². The lowest BCUT2D eigenvalue weighted by Gasteiger charge is -2.18. The van der Waals surface area contributed by atoms with Crippen LogP contribution in [0.15, 0.2) is 138 Å². The molecule has 236 valence electrons. The highest BCUT2D eigenvalue weighted by molar-refractivity contribution is 8.00. The lowest BCUT2D eigenvalue weighted by atomic mass is 10.1. The van der Waals surface area contributed by atoms with Gasteiger partial charge in [0.15, 0.2) is 0 Å². The number of anilines is 2. The molecule has 0 spiro atoms. The van der Waals surface area contributed by atoms with Crippen LogP contribution < -0.4 is 20.7 Å². The number of carbonyl (C=O) groups excluding carboxylic acids is 3. The molecule has 0 aliphatic carbocycles. The Morgan fingerprint density at radius 3 is 1.94 bits per heavy atom. The van der Waals surface area contributed by atoms with Crippen molar-refractivity contribution < 1.29 is 19.1 Å². The quantitative estimate of drug-likeness (QED) is 0.0998. The van der Waals surface area contributed by atoms with E-state index in [-0.39, 0.29) is 11.6 Å². The largest absolute Gasteiger partial charge is 0.497 e. The van der Waals surface area contributed by atoms with Gasteiger partial charge in [-0.25, -0.2) is 0 Å². The fourth-order valence-electron chi connectivity index (χ4n) is 4.92. The van der Waals surface area contributed by atoms with Gasteiger partial charge < -0.3 is 20.7 Å². The summed E-state index contributed by atoms with van der Waals surface area (Å²) in [6, 6.07) is 38.7. The van der Waals surface area contributed by atoms with Crippen molar-refractivity contribution in [3.05, 3.63) is 161 Å². The summed E-state index contributed by atoms with van der Waals surface area (Å²) in [7, 11) is 1.58. The molecule has 0 saturated carbocycles. The smallest absolute Gasteiger partial charge is 0.272 e. The first-order valence-corrected chi connectivity index (χ1v) is 15.9. The summed E-state index contributed by atoms with van der Waals surface area (Å²) < 4.78 is 5.24. The SMILES string of the molecule is COc1ccc(/C=C(\NC(=O)c2ccccc2)C(=O)Nc2ccc(SC(C(=O)Nc3cc(C)cc(C)c3)c3ccccc3)cc2)cc1. The van der Waals surface area contributed by atoms with Crippen LogP contribution in [0.5, 0.6) is 5.75 Å². The van der Waals surface area contributed by atoms with Crippen LogP contribution in [0.1, 0.15) is 37.9 Å². The number of nitrogens with one attached hydrogen (secondary N) is 3. The number of hydrogen-bond donors (Lipinski definition) is 3. The van der Waals surface area contributed by atoms with Gasteiger partial charge >= 0.3 is 0 Å². The first kappa shape index (κ1) is 32.8. The molecule has 5 aromatic rings. The summed E-state index contributed by atoms with van der Waals surface area (Å²) >= 11 is 1.42. The Kier molecular flexibility index (Phi) is 10.9. The van der Waals surface area contributed by atoms with E-state index in [0.29, 0.717) is 22.6 Å². The molecule has 0 heterocycles. The Hall–Kier alpha value is -5.60. The molecule has 3 amide bonds. The van der Waals surface area contributed by atoms with Crippen LogP contribution >= 0.6 is 11.8 Å². The van der Waals surface area contributed by atoms with Crippen LogP contribution in [0.2, 0.25) is 0 Å². The van der Waals surface area contributed by atoms with Crippen molar-refractivity contribution in [2.45, 2.75) is 24.0 Å². The Morgan fingerprint density at radius 1 is 0.702 bits per heavy atom. The molecule has 5 rings (SSSR count). The number of amides is 3. The third-order valence-corrected chi connectivity index (χ3v) is 8.42. The third-order valence-electron chi connectivity index (χ3n) is 7.15. The van der Waals surface area contributed by atoms with Gasteiger partial charge in [0.25, 0.3) is 11.8 Å². The summed E-state index contributed by atoms with van der Waals surface area (Å²) in [5.74, 6) is -0.346. The second-order valence-electron chi connectivity index (χ2n) is 10.9. The second kappa shape index (κ2) is 15.6. The van der Waals surface area contributed by atoms with Gasteiger partial charge in [-0.1, -0.05) is 66.7 Å². The second-order valence-corrected chi connectivity index (χ2v) is 12.1. The molecular formula is C39H35N3O4S. The van der Waals surface area contributed by atoms with Gasteiger partial charge in [-0.05, 0) is 103 Å². The number of rotatable bonds is 11. The standard InChI is InChI=1S/C39H35N3O4S/c1-26-22-27(2)24-32(23-26)41-39(45)36(29-10-6-4-7-11-29)47-34-20-16-31(17-21-34)40-38(44)35(25-28-14-18-33(46-3)19-15-28)42-37(43)30-12-8-5-9-13-30/h4-25,36H,1-3H3,(H,40,44)(H,41,45)(H,42,43)/b35-25-. The number of carbonyl (C=O) groups is 3. The molecule has 7 nitrogen and oxygen atoms in total. The maximum absolute atomic E-state index is 13.6. The summed E-state index contributed by atoms with van der Waals surface area (Å²) in [5, 5.41) is 8.21.